The van der Waals surface area contributed by atoms with Crippen LogP contribution in [0.5, 0.6) is 0 Å². The zero-order valence-electron chi connectivity index (χ0n) is 12.5. The molecular formula is C16H16F2N4O. The molecule has 0 radical (unpaired) electrons. The van der Waals surface area contributed by atoms with Crippen LogP contribution >= 0.6 is 0 Å². The number of benzene rings is 1. The number of rotatable bonds is 4. The molecule has 1 aromatic heterocycles. The number of carbonyl (C=O) groups is 1. The minimum atomic E-state index is -0.824. The average molecular weight is 318 g/mol. The Bertz CT molecular complexity index is 734. The number of halogens is 2. The van der Waals surface area contributed by atoms with Crippen LogP contribution in [0.2, 0.25) is 0 Å². The second kappa shape index (κ2) is 6.28. The highest BCUT2D eigenvalue weighted by Gasteiger charge is 2.35. The normalized spacial score (nSPS) is 15.1. The molecule has 0 bridgehead atoms. The van der Waals surface area contributed by atoms with Gasteiger partial charge in [-0.1, -0.05) is 0 Å². The lowest BCUT2D eigenvalue weighted by Crippen LogP contribution is -2.35. The Hall–Kier alpha value is -2.57. The van der Waals surface area contributed by atoms with Gasteiger partial charge in [-0.05, 0) is 43.9 Å². The van der Waals surface area contributed by atoms with Gasteiger partial charge in [-0.2, -0.15) is 0 Å². The molecule has 1 fully saturated rings. The molecule has 0 spiro atoms. The molecule has 23 heavy (non-hydrogen) atoms. The summed E-state index contributed by atoms with van der Waals surface area (Å²) in [5.41, 5.74) is 0.732. The highest BCUT2D eigenvalue weighted by Crippen LogP contribution is 2.39. The van der Waals surface area contributed by atoms with Crippen LogP contribution in [0.3, 0.4) is 0 Å². The summed E-state index contributed by atoms with van der Waals surface area (Å²) < 4.78 is 26.5. The van der Waals surface area contributed by atoms with E-state index >= 15 is 0 Å². The number of nitrogens with zero attached hydrogens (tertiary/aromatic N) is 2. The highest BCUT2D eigenvalue weighted by atomic mass is 19.1. The van der Waals surface area contributed by atoms with Crippen molar-refractivity contribution in [1.29, 1.82) is 0 Å². The highest BCUT2D eigenvalue weighted by molar-refractivity contribution is 5.89. The summed E-state index contributed by atoms with van der Waals surface area (Å²) in [5, 5.41) is 5.16. The molecule has 1 saturated carbocycles. The molecule has 2 amide bonds. The van der Waals surface area contributed by atoms with E-state index in [4.69, 9.17) is 0 Å². The van der Waals surface area contributed by atoms with E-state index in [1.165, 1.54) is 6.07 Å². The smallest absolute Gasteiger partial charge is 0.319 e. The first-order valence-corrected chi connectivity index (χ1v) is 7.35. The summed E-state index contributed by atoms with van der Waals surface area (Å²) in [5.74, 6) is -0.699. The predicted octanol–water partition coefficient (Wildman–Crippen LogP) is 3.34. The Labute approximate surface area is 132 Å². The maximum Gasteiger partial charge on any atom is 0.319 e. The lowest BCUT2D eigenvalue weighted by molar-refractivity contribution is 0.246. The maximum atomic E-state index is 13.6. The molecule has 1 aliphatic rings. The number of carbonyl (C=O) groups excluding carboxylic acids is 1. The molecule has 7 heteroatoms. The Morgan fingerprint density at radius 1 is 1.30 bits per heavy atom. The van der Waals surface area contributed by atoms with E-state index in [2.05, 4.69) is 20.6 Å². The molecule has 120 valence electrons. The zero-order chi connectivity index (χ0) is 16.4. The van der Waals surface area contributed by atoms with Crippen molar-refractivity contribution in [1.82, 2.24) is 15.3 Å². The number of hydrogen-bond donors (Lipinski definition) is 2. The van der Waals surface area contributed by atoms with Crippen LogP contribution in [0.4, 0.5) is 19.3 Å². The number of amides is 2. The van der Waals surface area contributed by atoms with Crippen LogP contribution < -0.4 is 10.6 Å². The lowest BCUT2D eigenvalue weighted by Gasteiger charge is -2.18. The molecule has 0 aliphatic heterocycles. The van der Waals surface area contributed by atoms with Gasteiger partial charge in [0, 0.05) is 18.0 Å². The van der Waals surface area contributed by atoms with Crippen LogP contribution in [0.1, 0.15) is 30.4 Å². The molecule has 1 aromatic carbocycles. The van der Waals surface area contributed by atoms with Crippen molar-refractivity contribution in [2.45, 2.75) is 25.8 Å². The van der Waals surface area contributed by atoms with Crippen molar-refractivity contribution < 1.29 is 13.6 Å². The van der Waals surface area contributed by atoms with Crippen molar-refractivity contribution in [2.24, 2.45) is 5.92 Å². The van der Waals surface area contributed by atoms with Crippen LogP contribution in [0, 0.1) is 24.5 Å². The minimum absolute atomic E-state index is 0.0800. The Morgan fingerprint density at radius 2 is 2.09 bits per heavy atom. The van der Waals surface area contributed by atoms with Gasteiger partial charge >= 0.3 is 6.03 Å². The summed E-state index contributed by atoms with van der Waals surface area (Å²) in [4.78, 5) is 20.7. The Morgan fingerprint density at radius 3 is 2.74 bits per heavy atom. The zero-order valence-corrected chi connectivity index (χ0v) is 12.5. The van der Waals surface area contributed by atoms with E-state index in [1.54, 1.807) is 12.3 Å². The molecule has 1 unspecified atom stereocenters. The number of nitrogens with one attached hydrogen (secondary N) is 2. The predicted molar refractivity (Wildman–Crippen MR) is 80.7 cm³/mol. The third kappa shape index (κ3) is 3.80. The van der Waals surface area contributed by atoms with Crippen LogP contribution in [-0.4, -0.2) is 16.0 Å². The van der Waals surface area contributed by atoms with E-state index in [-0.39, 0.29) is 17.6 Å². The van der Waals surface area contributed by atoms with Crippen LogP contribution in [0.15, 0.2) is 30.5 Å². The largest absolute Gasteiger partial charge is 0.328 e. The van der Waals surface area contributed by atoms with Crippen molar-refractivity contribution >= 4 is 11.7 Å². The minimum Gasteiger partial charge on any atom is -0.328 e. The van der Waals surface area contributed by atoms with E-state index in [1.807, 2.05) is 6.92 Å². The van der Waals surface area contributed by atoms with E-state index < -0.39 is 17.7 Å². The molecular weight excluding hydrogens is 302 g/mol. The van der Waals surface area contributed by atoms with Gasteiger partial charge < -0.3 is 10.6 Å². The summed E-state index contributed by atoms with van der Waals surface area (Å²) in [7, 11) is 0. The van der Waals surface area contributed by atoms with Crippen molar-refractivity contribution in [2.75, 3.05) is 5.32 Å². The third-order valence-electron chi connectivity index (χ3n) is 3.65. The fourth-order valence-electron chi connectivity index (χ4n) is 2.33. The van der Waals surface area contributed by atoms with Gasteiger partial charge in [0.2, 0.25) is 0 Å². The van der Waals surface area contributed by atoms with Crippen molar-refractivity contribution in [3.63, 3.8) is 0 Å². The number of hydrogen-bond acceptors (Lipinski definition) is 3. The van der Waals surface area contributed by atoms with Gasteiger partial charge in [-0.15, -0.1) is 0 Å². The second-order valence-electron chi connectivity index (χ2n) is 5.59. The van der Waals surface area contributed by atoms with Gasteiger partial charge in [0.15, 0.2) is 5.82 Å². The average Bonchev–Trinajstić information content (AvgIpc) is 3.32. The van der Waals surface area contributed by atoms with Crippen molar-refractivity contribution in [3.8, 4) is 0 Å². The SMILES string of the molecule is Cc1ccnc(C(NC(=O)Nc2ccc(F)cc2F)C2CC2)n1. The molecule has 2 aromatic rings. The monoisotopic (exact) mass is 318 g/mol. The quantitative estimate of drug-likeness (QED) is 0.908. The molecule has 0 saturated heterocycles. The first kappa shape index (κ1) is 15.3. The molecule has 1 heterocycles. The van der Waals surface area contributed by atoms with Crippen LogP contribution in [0.25, 0.3) is 0 Å². The topological polar surface area (TPSA) is 66.9 Å². The lowest BCUT2D eigenvalue weighted by atomic mass is 10.1. The van der Waals surface area contributed by atoms with Crippen molar-refractivity contribution in [3.05, 3.63) is 53.6 Å². The van der Waals surface area contributed by atoms with Gasteiger partial charge in [-0.25, -0.2) is 23.5 Å². The van der Waals surface area contributed by atoms with Gasteiger partial charge in [0.25, 0.3) is 0 Å². The summed E-state index contributed by atoms with van der Waals surface area (Å²) in [6.45, 7) is 1.85. The fraction of sp³-hybridized carbons (Fsp3) is 0.312. The fourth-order valence-corrected chi connectivity index (χ4v) is 2.33. The standard InChI is InChI=1S/C16H16F2N4O/c1-9-6-7-19-15(20-9)14(10-2-3-10)22-16(23)21-13-5-4-11(17)8-12(13)18/h4-8,10,14H,2-3H2,1H3,(H2,21,22,23). The van der Waals surface area contributed by atoms with E-state index in [0.29, 0.717) is 5.82 Å². The Kier molecular flexibility index (Phi) is 4.18. The summed E-state index contributed by atoms with van der Waals surface area (Å²) in [6.07, 6.45) is 3.60. The second-order valence-corrected chi connectivity index (χ2v) is 5.59. The summed E-state index contributed by atoms with van der Waals surface area (Å²) in [6, 6.07) is 3.87. The molecule has 3 rings (SSSR count). The molecule has 5 nitrogen and oxygen atoms in total. The third-order valence-corrected chi connectivity index (χ3v) is 3.65. The van der Waals surface area contributed by atoms with Gasteiger partial charge in [-0.3, -0.25) is 0 Å². The number of anilines is 1. The number of aryl methyl sites for hydroxylation is 1. The maximum absolute atomic E-state index is 13.6. The summed E-state index contributed by atoms with van der Waals surface area (Å²) >= 11 is 0. The van der Waals surface area contributed by atoms with E-state index in [0.717, 1.165) is 30.7 Å². The van der Waals surface area contributed by atoms with Crippen LogP contribution in [-0.2, 0) is 0 Å². The first-order valence-electron chi connectivity index (χ1n) is 7.35. The van der Waals surface area contributed by atoms with E-state index in [9.17, 15) is 13.6 Å². The molecule has 1 aliphatic carbocycles. The number of aromatic nitrogens is 2. The Balaban J connectivity index is 1.72. The van der Waals surface area contributed by atoms with Gasteiger partial charge in [0.05, 0.1) is 11.7 Å². The van der Waals surface area contributed by atoms with Gasteiger partial charge in [0.1, 0.15) is 11.6 Å². The molecule has 1 atom stereocenters. The first-order chi connectivity index (χ1) is 11.0. The number of urea groups is 1. The molecule has 2 N–H and O–H groups in total.